The number of hydrogen-bond donors (Lipinski definition) is 1. The Labute approximate surface area is 125 Å². The number of nitrogens with zero attached hydrogens (tertiary/aromatic N) is 1. The molecule has 20 heavy (non-hydrogen) atoms. The molecular weight excluding hydrogens is 272 g/mol. The molecular formula is C15H24N2O2S. The first-order valence-electron chi connectivity index (χ1n) is 7.27. The number of nitrogens with one attached hydrogen (secondary N) is 1. The first-order valence-corrected chi connectivity index (χ1v) is 8.15. The zero-order chi connectivity index (χ0) is 15.0. The Kier molecular flexibility index (Phi) is 7.62. The molecule has 2 atom stereocenters. The molecule has 0 aliphatic heterocycles. The topological polar surface area (TPSA) is 55.2 Å². The highest BCUT2D eigenvalue weighted by Gasteiger charge is 2.23. The van der Waals surface area contributed by atoms with Crippen molar-refractivity contribution < 1.29 is 4.92 Å². The Morgan fingerprint density at radius 2 is 2.00 bits per heavy atom. The van der Waals surface area contributed by atoms with Crippen molar-refractivity contribution in [3.8, 4) is 0 Å². The minimum absolute atomic E-state index is 0.211. The van der Waals surface area contributed by atoms with Gasteiger partial charge in [-0.15, -0.1) is 11.8 Å². The fourth-order valence-corrected chi connectivity index (χ4v) is 3.62. The molecule has 0 aromatic heterocycles. The molecule has 0 amide bonds. The van der Waals surface area contributed by atoms with Gasteiger partial charge in [0.1, 0.15) is 0 Å². The van der Waals surface area contributed by atoms with Gasteiger partial charge >= 0.3 is 0 Å². The zero-order valence-electron chi connectivity index (χ0n) is 12.5. The maximum Gasteiger partial charge on any atom is 0.282 e. The van der Waals surface area contributed by atoms with Gasteiger partial charge in [-0.05, 0) is 25.5 Å². The van der Waals surface area contributed by atoms with Crippen molar-refractivity contribution in [3.05, 3.63) is 34.4 Å². The van der Waals surface area contributed by atoms with Gasteiger partial charge in [-0.3, -0.25) is 10.1 Å². The van der Waals surface area contributed by atoms with E-state index in [1.54, 1.807) is 23.9 Å². The van der Waals surface area contributed by atoms with Crippen molar-refractivity contribution in [3.63, 3.8) is 0 Å². The molecule has 0 bridgehead atoms. The van der Waals surface area contributed by atoms with Gasteiger partial charge in [-0.2, -0.15) is 0 Å². The van der Waals surface area contributed by atoms with E-state index in [0.717, 1.165) is 30.7 Å². The van der Waals surface area contributed by atoms with Crippen LogP contribution < -0.4 is 5.32 Å². The van der Waals surface area contributed by atoms with Crippen LogP contribution in [0, 0.1) is 10.1 Å². The molecule has 1 aromatic carbocycles. The summed E-state index contributed by atoms with van der Waals surface area (Å²) in [5.74, 6) is 0. The van der Waals surface area contributed by atoms with Crippen molar-refractivity contribution in [1.29, 1.82) is 0 Å². The van der Waals surface area contributed by atoms with Crippen LogP contribution in [-0.4, -0.2) is 22.8 Å². The minimum atomic E-state index is -0.295. The summed E-state index contributed by atoms with van der Waals surface area (Å²) >= 11 is 1.63. The predicted molar refractivity (Wildman–Crippen MR) is 85.4 cm³/mol. The lowest BCUT2D eigenvalue weighted by Crippen LogP contribution is -2.37. The highest BCUT2D eigenvalue weighted by Crippen LogP contribution is 2.35. The molecule has 5 heteroatoms. The molecule has 0 radical (unpaired) electrons. The number of para-hydroxylation sites is 1. The Morgan fingerprint density at radius 3 is 2.55 bits per heavy atom. The lowest BCUT2D eigenvalue weighted by molar-refractivity contribution is -0.387. The van der Waals surface area contributed by atoms with E-state index < -0.39 is 0 Å². The van der Waals surface area contributed by atoms with Crippen LogP contribution in [0.1, 0.15) is 40.0 Å². The van der Waals surface area contributed by atoms with Gasteiger partial charge in [0, 0.05) is 17.4 Å². The lowest BCUT2D eigenvalue weighted by Gasteiger charge is -2.26. The smallest absolute Gasteiger partial charge is 0.282 e. The Balaban J connectivity index is 2.89. The summed E-state index contributed by atoms with van der Waals surface area (Å²) in [6.45, 7) is 7.35. The van der Waals surface area contributed by atoms with Gasteiger partial charge in [0.2, 0.25) is 0 Å². The minimum Gasteiger partial charge on any atom is -0.313 e. The van der Waals surface area contributed by atoms with Crippen LogP contribution in [-0.2, 0) is 0 Å². The molecule has 0 saturated heterocycles. The van der Waals surface area contributed by atoms with Crippen molar-refractivity contribution >= 4 is 17.4 Å². The summed E-state index contributed by atoms with van der Waals surface area (Å²) in [5.41, 5.74) is 0.211. The second-order valence-corrected chi connectivity index (χ2v) is 6.02. The second kappa shape index (κ2) is 8.97. The van der Waals surface area contributed by atoms with E-state index in [9.17, 15) is 10.1 Å². The molecule has 2 unspecified atom stereocenters. The summed E-state index contributed by atoms with van der Waals surface area (Å²) < 4.78 is 0. The average Bonchev–Trinajstić information content (AvgIpc) is 2.45. The molecule has 1 N–H and O–H groups in total. The van der Waals surface area contributed by atoms with Gasteiger partial charge in [-0.1, -0.05) is 39.3 Å². The van der Waals surface area contributed by atoms with Crippen LogP contribution in [0.4, 0.5) is 5.69 Å². The molecule has 0 heterocycles. The number of benzene rings is 1. The molecule has 0 saturated carbocycles. The third kappa shape index (κ3) is 4.80. The predicted octanol–water partition coefficient (Wildman–Crippen LogP) is 4.24. The maximum absolute atomic E-state index is 11.1. The van der Waals surface area contributed by atoms with E-state index in [2.05, 4.69) is 26.1 Å². The lowest BCUT2D eigenvalue weighted by atomic mass is 10.1. The van der Waals surface area contributed by atoms with Crippen LogP contribution in [0.2, 0.25) is 0 Å². The highest BCUT2D eigenvalue weighted by molar-refractivity contribution is 8.00. The zero-order valence-corrected chi connectivity index (χ0v) is 13.3. The normalized spacial score (nSPS) is 13.9. The summed E-state index contributed by atoms with van der Waals surface area (Å²) in [7, 11) is 0. The fourth-order valence-electron chi connectivity index (χ4n) is 2.31. The quantitative estimate of drug-likeness (QED) is 0.420. The average molecular weight is 296 g/mol. The van der Waals surface area contributed by atoms with E-state index in [4.69, 9.17) is 0 Å². The van der Waals surface area contributed by atoms with Crippen molar-refractivity contribution in [1.82, 2.24) is 5.32 Å². The Hall–Kier alpha value is -1.07. The van der Waals surface area contributed by atoms with E-state index in [0.29, 0.717) is 11.3 Å². The van der Waals surface area contributed by atoms with Crippen LogP contribution in [0.3, 0.4) is 0 Å². The molecule has 1 aromatic rings. The molecule has 0 spiro atoms. The van der Waals surface area contributed by atoms with Gasteiger partial charge in [0.15, 0.2) is 0 Å². The fraction of sp³-hybridized carbons (Fsp3) is 0.600. The molecule has 4 nitrogen and oxygen atoms in total. The summed E-state index contributed by atoms with van der Waals surface area (Å²) in [6, 6.07) is 7.42. The number of rotatable bonds is 9. The summed E-state index contributed by atoms with van der Waals surface area (Å²) in [6.07, 6.45) is 3.21. The molecule has 0 aliphatic carbocycles. The van der Waals surface area contributed by atoms with Crippen molar-refractivity contribution in [2.45, 2.75) is 56.2 Å². The first-order chi connectivity index (χ1) is 9.63. The molecule has 112 valence electrons. The van der Waals surface area contributed by atoms with E-state index >= 15 is 0 Å². The first kappa shape index (κ1) is 17.0. The molecule has 1 rings (SSSR count). The van der Waals surface area contributed by atoms with Gasteiger partial charge in [0.25, 0.3) is 5.69 Å². The molecule has 0 aliphatic rings. The third-order valence-electron chi connectivity index (χ3n) is 3.26. The van der Waals surface area contributed by atoms with Crippen LogP contribution in [0.5, 0.6) is 0 Å². The number of nitro groups is 1. The monoisotopic (exact) mass is 296 g/mol. The van der Waals surface area contributed by atoms with E-state index in [1.165, 1.54) is 0 Å². The second-order valence-electron chi connectivity index (χ2n) is 4.74. The van der Waals surface area contributed by atoms with Gasteiger partial charge < -0.3 is 5.32 Å². The number of thioether (sulfide) groups is 1. The summed E-state index contributed by atoms with van der Waals surface area (Å²) in [4.78, 5) is 11.6. The van der Waals surface area contributed by atoms with E-state index in [1.807, 2.05) is 12.1 Å². The van der Waals surface area contributed by atoms with E-state index in [-0.39, 0.29) is 10.6 Å². The number of nitro benzene ring substituents is 1. The highest BCUT2D eigenvalue weighted by atomic mass is 32.2. The SMILES string of the molecule is CCCC(NCC)C(CC)Sc1ccccc1[N+](=O)[O-]. The number of hydrogen-bond acceptors (Lipinski definition) is 4. The van der Waals surface area contributed by atoms with Crippen LogP contribution in [0.25, 0.3) is 0 Å². The molecule has 0 fully saturated rings. The largest absolute Gasteiger partial charge is 0.313 e. The third-order valence-corrected chi connectivity index (χ3v) is 4.82. The van der Waals surface area contributed by atoms with Gasteiger partial charge in [0.05, 0.1) is 9.82 Å². The van der Waals surface area contributed by atoms with Gasteiger partial charge in [-0.25, -0.2) is 0 Å². The standard InChI is InChI=1S/C15H24N2O2S/c1-4-9-12(16-6-3)14(5-2)20-15-11-8-7-10-13(15)17(18)19/h7-8,10-12,14,16H,4-6,9H2,1-3H3. The van der Waals surface area contributed by atoms with Crippen molar-refractivity contribution in [2.75, 3.05) is 6.54 Å². The van der Waals surface area contributed by atoms with Crippen LogP contribution >= 0.6 is 11.8 Å². The maximum atomic E-state index is 11.1. The summed E-state index contributed by atoms with van der Waals surface area (Å²) in [5, 5.41) is 15.0. The van der Waals surface area contributed by atoms with Crippen LogP contribution in [0.15, 0.2) is 29.2 Å². The van der Waals surface area contributed by atoms with Crippen molar-refractivity contribution in [2.24, 2.45) is 0 Å². The Bertz CT molecular complexity index is 420. The Morgan fingerprint density at radius 1 is 1.30 bits per heavy atom.